The van der Waals surface area contributed by atoms with Gasteiger partial charge in [0.2, 0.25) is 5.09 Å². The van der Waals surface area contributed by atoms with Gasteiger partial charge in [0.25, 0.3) is 21.8 Å². The van der Waals surface area contributed by atoms with Crippen molar-refractivity contribution in [1.82, 2.24) is 9.21 Å². The molecule has 1 aliphatic rings. The summed E-state index contributed by atoms with van der Waals surface area (Å²) in [5.41, 5.74) is 1.26. The van der Waals surface area contributed by atoms with E-state index in [-0.39, 0.29) is 35.3 Å². The fourth-order valence-electron chi connectivity index (χ4n) is 3.55. The number of furan rings is 1. The molecule has 0 aliphatic carbocycles. The van der Waals surface area contributed by atoms with Crippen LogP contribution in [0.2, 0.25) is 0 Å². The van der Waals surface area contributed by atoms with Crippen molar-refractivity contribution in [3.8, 4) is 5.75 Å². The van der Waals surface area contributed by atoms with Crippen LogP contribution in [-0.4, -0.2) is 56.6 Å². The highest BCUT2D eigenvalue weighted by molar-refractivity contribution is 7.88. The largest absolute Gasteiger partial charge is 0.496 e. The van der Waals surface area contributed by atoms with Gasteiger partial charge in [-0.3, -0.25) is 14.5 Å². The van der Waals surface area contributed by atoms with Crippen molar-refractivity contribution in [3.63, 3.8) is 0 Å². The zero-order valence-corrected chi connectivity index (χ0v) is 20.0. The van der Waals surface area contributed by atoms with Crippen LogP contribution in [0.5, 0.6) is 5.75 Å². The standard InChI is InChI=1S/C24H22N2O8S/c1-25(2)35(30,31)21-11-9-16(34-21)14-33-24(29)19-12-15(8-10-20(19)32-3)13-26-22(27)17-6-4-5-7-18(17)23(26)28/h4-12H,13-14H2,1-3H3. The predicted octanol–water partition coefficient (Wildman–Crippen LogP) is 2.69. The van der Waals surface area contributed by atoms with Gasteiger partial charge in [0.1, 0.15) is 23.7 Å². The average molecular weight is 499 g/mol. The van der Waals surface area contributed by atoms with Crippen LogP contribution in [0.4, 0.5) is 0 Å². The Morgan fingerprint density at radius 2 is 1.66 bits per heavy atom. The number of methoxy groups -OCH3 is 1. The molecule has 4 rings (SSSR count). The van der Waals surface area contributed by atoms with E-state index in [0.717, 1.165) is 9.21 Å². The summed E-state index contributed by atoms with van der Waals surface area (Å²) < 4.78 is 41.1. The maximum absolute atomic E-state index is 12.8. The summed E-state index contributed by atoms with van der Waals surface area (Å²) in [6.45, 7) is -0.353. The second-order valence-corrected chi connectivity index (χ2v) is 9.94. The lowest BCUT2D eigenvalue weighted by molar-refractivity contribution is 0.0436. The number of carbonyl (C=O) groups excluding carboxylic acids is 3. The van der Waals surface area contributed by atoms with Crippen LogP contribution in [-0.2, 0) is 27.9 Å². The Kier molecular flexibility index (Phi) is 6.46. The quantitative estimate of drug-likeness (QED) is 0.343. The number of sulfonamides is 1. The molecule has 11 heteroatoms. The molecule has 2 heterocycles. The second-order valence-electron chi connectivity index (χ2n) is 7.86. The molecule has 35 heavy (non-hydrogen) atoms. The van der Waals surface area contributed by atoms with Gasteiger partial charge in [-0.05, 0) is 42.0 Å². The first-order chi connectivity index (χ1) is 16.6. The van der Waals surface area contributed by atoms with Crippen molar-refractivity contribution in [2.24, 2.45) is 0 Å². The summed E-state index contributed by atoms with van der Waals surface area (Å²) in [5, 5.41) is -0.269. The molecule has 0 spiro atoms. The van der Waals surface area contributed by atoms with Gasteiger partial charge in [-0.1, -0.05) is 18.2 Å². The van der Waals surface area contributed by atoms with Gasteiger partial charge in [-0.2, -0.15) is 0 Å². The van der Waals surface area contributed by atoms with E-state index < -0.39 is 27.8 Å². The molecule has 1 aromatic heterocycles. The van der Waals surface area contributed by atoms with Crippen LogP contribution in [0.15, 0.2) is 64.1 Å². The number of hydrogen-bond acceptors (Lipinski definition) is 8. The molecule has 0 unspecified atom stereocenters. The van der Waals surface area contributed by atoms with Crippen molar-refractivity contribution in [1.29, 1.82) is 0 Å². The van der Waals surface area contributed by atoms with E-state index in [1.165, 1.54) is 39.4 Å². The predicted molar refractivity (Wildman–Crippen MR) is 122 cm³/mol. The normalized spacial score (nSPS) is 13.3. The number of rotatable bonds is 8. The topological polar surface area (TPSA) is 123 Å². The maximum atomic E-state index is 12.8. The monoisotopic (exact) mass is 498 g/mol. The van der Waals surface area contributed by atoms with Crippen LogP contribution in [0.25, 0.3) is 0 Å². The Balaban J connectivity index is 1.50. The van der Waals surface area contributed by atoms with Gasteiger partial charge in [-0.15, -0.1) is 0 Å². The SMILES string of the molecule is COc1ccc(CN2C(=O)c3ccccc3C2=O)cc1C(=O)OCc1ccc(S(=O)(=O)N(C)C)o1. The van der Waals surface area contributed by atoms with Gasteiger partial charge in [0, 0.05) is 14.1 Å². The minimum Gasteiger partial charge on any atom is -0.496 e. The lowest BCUT2D eigenvalue weighted by Gasteiger charge is -2.15. The molecule has 1 aliphatic heterocycles. The third-order valence-electron chi connectivity index (χ3n) is 5.42. The minimum atomic E-state index is -3.76. The lowest BCUT2D eigenvalue weighted by Crippen LogP contribution is -2.29. The number of imide groups is 1. The third-order valence-corrected chi connectivity index (χ3v) is 7.11. The molecule has 0 N–H and O–H groups in total. The number of esters is 1. The van der Waals surface area contributed by atoms with Crippen LogP contribution >= 0.6 is 0 Å². The number of ether oxygens (including phenoxy) is 2. The van der Waals surface area contributed by atoms with Crippen LogP contribution < -0.4 is 4.74 Å². The van der Waals surface area contributed by atoms with Gasteiger partial charge in [0.05, 0.1) is 24.8 Å². The molecule has 0 radical (unpaired) electrons. The van der Waals surface area contributed by atoms with Gasteiger partial charge < -0.3 is 13.9 Å². The summed E-state index contributed by atoms with van der Waals surface area (Å²) in [5.74, 6) is -1.20. The number of hydrogen-bond donors (Lipinski definition) is 0. The molecule has 2 aromatic carbocycles. The summed E-state index contributed by atoms with van der Waals surface area (Å²) in [6.07, 6.45) is 0. The van der Waals surface area contributed by atoms with Gasteiger partial charge >= 0.3 is 5.97 Å². The van der Waals surface area contributed by atoms with Crippen molar-refractivity contribution >= 4 is 27.8 Å². The van der Waals surface area contributed by atoms with Crippen molar-refractivity contribution in [2.45, 2.75) is 18.2 Å². The Labute approximate surface area is 201 Å². The van der Waals surface area contributed by atoms with E-state index in [9.17, 15) is 22.8 Å². The van der Waals surface area contributed by atoms with Crippen LogP contribution in [0, 0.1) is 0 Å². The number of carbonyl (C=O) groups is 3. The molecular weight excluding hydrogens is 476 g/mol. The average Bonchev–Trinajstić information content (AvgIpc) is 3.42. The summed E-state index contributed by atoms with van der Waals surface area (Å²) in [4.78, 5) is 39.2. The first-order valence-corrected chi connectivity index (χ1v) is 11.9. The Morgan fingerprint density at radius 1 is 1.00 bits per heavy atom. The van der Waals surface area contributed by atoms with Gasteiger partial charge in [0.15, 0.2) is 0 Å². The zero-order chi connectivity index (χ0) is 25.3. The smallest absolute Gasteiger partial charge is 0.342 e. The molecule has 0 atom stereocenters. The fraction of sp³-hybridized carbons (Fsp3) is 0.208. The lowest BCUT2D eigenvalue weighted by atomic mass is 10.1. The van der Waals surface area contributed by atoms with Crippen LogP contribution in [0.3, 0.4) is 0 Å². The summed E-state index contributed by atoms with van der Waals surface area (Å²) in [7, 11) is 0.380. The Bertz CT molecular complexity index is 1390. The second kappa shape index (κ2) is 9.35. The molecule has 0 bridgehead atoms. The molecule has 3 aromatic rings. The number of nitrogens with zero attached hydrogens (tertiary/aromatic N) is 2. The number of amides is 2. The molecule has 0 fully saturated rings. The van der Waals surface area contributed by atoms with Gasteiger partial charge in [-0.25, -0.2) is 17.5 Å². The Hall–Kier alpha value is -3.96. The molecule has 10 nitrogen and oxygen atoms in total. The van der Waals surface area contributed by atoms with E-state index in [0.29, 0.717) is 16.7 Å². The molecule has 2 amide bonds. The van der Waals surface area contributed by atoms with E-state index in [1.54, 1.807) is 36.4 Å². The van der Waals surface area contributed by atoms with E-state index >= 15 is 0 Å². The summed E-state index contributed by atoms with van der Waals surface area (Å²) in [6, 6.07) is 13.9. The zero-order valence-electron chi connectivity index (χ0n) is 19.2. The van der Waals surface area contributed by atoms with Crippen molar-refractivity contribution in [2.75, 3.05) is 21.2 Å². The minimum absolute atomic E-state index is 0.0411. The van der Waals surface area contributed by atoms with E-state index in [4.69, 9.17) is 13.9 Å². The summed E-state index contributed by atoms with van der Waals surface area (Å²) >= 11 is 0. The first-order valence-electron chi connectivity index (χ1n) is 10.4. The van der Waals surface area contributed by atoms with Crippen molar-refractivity contribution in [3.05, 3.63) is 82.6 Å². The maximum Gasteiger partial charge on any atom is 0.342 e. The number of benzene rings is 2. The molecule has 0 saturated heterocycles. The highest BCUT2D eigenvalue weighted by atomic mass is 32.2. The number of fused-ring (bicyclic) bond motifs is 1. The van der Waals surface area contributed by atoms with E-state index in [1.807, 2.05) is 0 Å². The highest BCUT2D eigenvalue weighted by Gasteiger charge is 2.35. The molecule has 182 valence electrons. The Morgan fingerprint density at radius 3 is 2.26 bits per heavy atom. The van der Waals surface area contributed by atoms with Crippen LogP contribution in [0.1, 0.15) is 42.4 Å². The van der Waals surface area contributed by atoms with Crippen molar-refractivity contribution < 1.29 is 36.7 Å². The van der Waals surface area contributed by atoms with E-state index in [2.05, 4.69) is 0 Å². The third kappa shape index (κ3) is 4.55. The fourth-order valence-corrected chi connectivity index (χ4v) is 4.36. The highest BCUT2D eigenvalue weighted by Crippen LogP contribution is 2.27. The molecular formula is C24H22N2O8S. The molecule has 0 saturated carbocycles. The first kappa shape index (κ1) is 24.2.